The average Bonchev–Trinajstić information content (AvgIpc) is 1.50. The van der Waals surface area contributed by atoms with E-state index >= 15 is 0 Å². The third-order valence-electron chi connectivity index (χ3n) is 0. The van der Waals surface area contributed by atoms with Crippen molar-refractivity contribution < 1.29 is 33.0 Å². The Morgan fingerprint density at radius 3 is 1.17 bits per heavy atom. The van der Waals surface area contributed by atoms with E-state index in [0.29, 0.717) is 16.2 Å². The Morgan fingerprint density at radius 1 is 1.17 bits per heavy atom. The van der Waals surface area contributed by atoms with Crippen LogP contribution in [-0.4, -0.2) is 67.2 Å². The Morgan fingerprint density at radius 2 is 1.17 bits per heavy atom. The van der Waals surface area contributed by atoms with E-state index in [9.17, 15) is 0 Å². The van der Waals surface area contributed by atoms with E-state index in [1.807, 2.05) is 0 Å². The molecule has 1 N–H and O–H groups in total. The molecule has 0 aliphatic heterocycles. The van der Waals surface area contributed by atoms with E-state index in [1.165, 1.54) is 0 Å². The van der Waals surface area contributed by atoms with Crippen LogP contribution in [0.5, 0.6) is 0 Å². The molecule has 0 amide bonds. The van der Waals surface area contributed by atoms with Crippen LogP contribution in [0.2, 0.25) is 0 Å². The summed E-state index contributed by atoms with van der Waals surface area (Å²) in [7, 11) is 0. The minimum absolute atomic E-state index is 0. The summed E-state index contributed by atoms with van der Waals surface area (Å²) in [6.45, 7) is 0. The van der Waals surface area contributed by atoms with E-state index in [4.69, 9.17) is 7.13 Å². The molecule has 0 heterocycles. The van der Waals surface area contributed by atoms with Gasteiger partial charge in [-0.2, -0.15) is 0 Å². The third-order valence-corrected chi connectivity index (χ3v) is 0. The molecule has 0 aromatic rings. The normalized spacial score (nSPS) is 1.00. The SMILES string of the molecule is [OH-].[O]=[AlH].[O]=[Ti].[SrH+]. The Labute approximate surface area is 92.8 Å². The molecule has 0 aromatic carbocycles. The molecule has 0 aliphatic rings. The summed E-state index contributed by atoms with van der Waals surface area (Å²) in [6.07, 6.45) is 0. The van der Waals surface area contributed by atoms with Crippen LogP contribution in [0.1, 0.15) is 0 Å². The first-order valence-corrected chi connectivity index (χ1v) is 1.71. The van der Waals surface area contributed by atoms with Gasteiger partial charge in [-0.3, -0.25) is 0 Å². The van der Waals surface area contributed by atoms with Crippen molar-refractivity contribution in [3.8, 4) is 0 Å². The van der Waals surface area contributed by atoms with Crippen molar-refractivity contribution in [2.24, 2.45) is 0 Å². The zero-order valence-electron chi connectivity index (χ0n) is 3.47. The van der Waals surface area contributed by atoms with Gasteiger partial charge in [-0.25, -0.2) is 0 Å². The first kappa shape index (κ1) is 23.9. The molecule has 30 valence electrons. The molecular weight excluding hydrogens is 210 g/mol. The molecule has 0 spiro atoms. The first-order valence-electron chi connectivity index (χ1n) is 0.493. The molecular formula is H3AlO3SrTi. The van der Waals surface area contributed by atoms with Gasteiger partial charge in [-0.05, 0) is 0 Å². The molecule has 0 atom stereocenters. The van der Waals surface area contributed by atoms with Gasteiger partial charge in [0.15, 0.2) is 0 Å². The van der Waals surface area contributed by atoms with Crippen molar-refractivity contribution in [1.29, 1.82) is 0 Å². The predicted molar refractivity (Wildman–Crippen MR) is 17.6 cm³/mol. The van der Waals surface area contributed by atoms with Crippen molar-refractivity contribution in [3.05, 3.63) is 0 Å². The number of rotatable bonds is 0. The fourth-order valence-electron chi connectivity index (χ4n) is 0. The van der Waals surface area contributed by atoms with Gasteiger partial charge in [-0.15, -0.1) is 0 Å². The molecule has 0 aromatic heterocycles. The summed E-state index contributed by atoms with van der Waals surface area (Å²) >= 11 is 1.36. The van der Waals surface area contributed by atoms with Gasteiger partial charge in [0.25, 0.3) is 0 Å². The van der Waals surface area contributed by atoms with Crippen LogP contribution in [0.4, 0.5) is 0 Å². The van der Waals surface area contributed by atoms with Gasteiger partial charge in [0.2, 0.25) is 0 Å². The van der Waals surface area contributed by atoms with E-state index in [0.717, 1.165) is 20.4 Å². The van der Waals surface area contributed by atoms with Crippen molar-refractivity contribution >= 4 is 61.7 Å². The topological polar surface area (TPSA) is 64.1 Å². The first-order chi connectivity index (χ1) is 2.00. The van der Waals surface area contributed by atoms with Gasteiger partial charge < -0.3 is 5.48 Å². The Kier molecular flexibility index (Phi) is 220. The second-order valence-electron chi connectivity index (χ2n) is 0. The van der Waals surface area contributed by atoms with Crippen LogP contribution in [0.3, 0.4) is 0 Å². The monoisotopic (exact) mass is 214 g/mol. The summed E-state index contributed by atoms with van der Waals surface area (Å²) < 4.78 is 16.5. The van der Waals surface area contributed by atoms with Crippen molar-refractivity contribution in [2.45, 2.75) is 0 Å². The maximum absolute atomic E-state index is 8.28. The van der Waals surface area contributed by atoms with Crippen LogP contribution < -0.4 is 0 Å². The molecule has 0 rings (SSSR count). The Balaban J connectivity index is -0.00000000500. The molecule has 0 unspecified atom stereocenters. The van der Waals surface area contributed by atoms with Crippen LogP contribution in [0, 0.1) is 0 Å². The molecule has 0 fully saturated rings. The fraction of sp³-hybridized carbons (Fsp3) is 0. The van der Waals surface area contributed by atoms with Crippen molar-refractivity contribution in [1.82, 2.24) is 0 Å². The van der Waals surface area contributed by atoms with Crippen molar-refractivity contribution in [3.63, 3.8) is 0 Å². The van der Waals surface area contributed by atoms with Crippen LogP contribution in [0.25, 0.3) is 0 Å². The van der Waals surface area contributed by atoms with Gasteiger partial charge in [0.1, 0.15) is 0 Å². The van der Waals surface area contributed by atoms with Crippen LogP contribution >= 0.6 is 0 Å². The summed E-state index contributed by atoms with van der Waals surface area (Å²) in [5, 5.41) is 0. The molecule has 6 heavy (non-hydrogen) atoms. The second kappa shape index (κ2) is 55.1. The zero-order chi connectivity index (χ0) is 4.00. The standard InChI is InChI=1S/Al.H2O.2O.Sr.Ti.2H/h;1H2;;;;;;/q;;;;+1;;;/p-1. The number of hydrogen-bond acceptors (Lipinski definition) is 3. The summed E-state index contributed by atoms with van der Waals surface area (Å²) in [4.78, 5) is 0. The molecule has 0 radical (unpaired) electrons. The Bertz CT molecular complexity index is 12.8. The molecule has 0 aliphatic carbocycles. The molecule has 0 saturated carbocycles. The number of hydrogen-bond donors (Lipinski definition) is 0. The second-order valence-corrected chi connectivity index (χ2v) is 0. The average molecular weight is 213 g/mol. The van der Waals surface area contributed by atoms with E-state index in [-0.39, 0.29) is 51.0 Å². The van der Waals surface area contributed by atoms with Gasteiger partial charge in [0.05, 0.1) is 0 Å². The van der Waals surface area contributed by atoms with Crippen molar-refractivity contribution in [2.75, 3.05) is 0 Å². The molecule has 3 nitrogen and oxygen atoms in total. The summed E-state index contributed by atoms with van der Waals surface area (Å²) in [5.41, 5.74) is 0. The third kappa shape index (κ3) is 33.6. The predicted octanol–water partition coefficient (Wildman–Crippen LogP) is -1.71. The van der Waals surface area contributed by atoms with Gasteiger partial charge >= 0.3 is 89.2 Å². The maximum atomic E-state index is 8.28. The minimum atomic E-state index is 0. The van der Waals surface area contributed by atoms with Gasteiger partial charge in [0, 0.05) is 0 Å². The summed E-state index contributed by atoms with van der Waals surface area (Å²) in [5.74, 6) is 0. The van der Waals surface area contributed by atoms with Crippen LogP contribution in [-0.2, 0) is 27.5 Å². The summed E-state index contributed by atoms with van der Waals surface area (Å²) in [6, 6.07) is 0. The zero-order valence-corrected chi connectivity index (χ0v) is 11.4. The van der Waals surface area contributed by atoms with Gasteiger partial charge in [-0.1, -0.05) is 0 Å². The molecule has 0 bridgehead atoms. The molecule has 0 saturated heterocycles. The Hall–Kier alpha value is 2.29. The van der Waals surface area contributed by atoms with E-state index in [1.54, 1.807) is 0 Å². The van der Waals surface area contributed by atoms with Crippen LogP contribution in [0.15, 0.2) is 0 Å². The van der Waals surface area contributed by atoms with E-state index < -0.39 is 0 Å². The quantitative estimate of drug-likeness (QED) is 0.450. The molecule has 6 heteroatoms. The van der Waals surface area contributed by atoms with E-state index in [2.05, 4.69) is 0 Å². The fourth-order valence-corrected chi connectivity index (χ4v) is 0.